The zero-order valence-electron chi connectivity index (χ0n) is 14.1. The third-order valence-corrected chi connectivity index (χ3v) is 4.65. The fourth-order valence-corrected chi connectivity index (χ4v) is 3.24. The molecule has 24 heavy (non-hydrogen) atoms. The quantitative estimate of drug-likeness (QED) is 0.768. The normalized spacial score (nSPS) is 15.5. The third kappa shape index (κ3) is 3.94. The molecule has 1 aromatic heterocycles. The van der Waals surface area contributed by atoms with Crippen LogP contribution in [0.4, 0.5) is 0 Å². The maximum Gasteiger partial charge on any atom is 0.259 e. The van der Waals surface area contributed by atoms with Gasteiger partial charge in [-0.15, -0.1) is 0 Å². The van der Waals surface area contributed by atoms with Gasteiger partial charge in [-0.3, -0.25) is 4.79 Å². The van der Waals surface area contributed by atoms with Crippen molar-refractivity contribution in [1.29, 1.82) is 0 Å². The second-order valence-corrected chi connectivity index (χ2v) is 6.33. The number of benzene rings is 1. The number of rotatable bonds is 4. The van der Waals surface area contributed by atoms with Crippen molar-refractivity contribution in [3.05, 3.63) is 54.2 Å². The molecular formula is C20H24N2O2. The lowest BCUT2D eigenvalue weighted by Gasteiger charge is -2.27. The molecule has 0 aliphatic heterocycles. The Kier molecular flexibility index (Phi) is 5.47. The van der Waals surface area contributed by atoms with E-state index in [2.05, 4.69) is 4.98 Å². The Hall–Kier alpha value is -2.36. The van der Waals surface area contributed by atoms with E-state index in [1.807, 2.05) is 42.3 Å². The Labute approximate surface area is 143 Å². The SMILES string of the molecule is CN(C(=O)c1cccnc1Oc1ccccc1)C1CCCCCC1. The van der Waals surface area contributed by atoms with Gasteiger partial charge in [0.1, 0.15) is 11.3 Å². The summed E-state index contributed by atoms with van der Waals surface area (Å²) in [5.41, 5.74) is 0.521. The molecule has 1 aliphatic carbocycles. The first-order valence-electron chi connectivity index (χ1n) is 8.71. The molecule has 4 heteroatoms. The first-order valence-corrected chi connectivity index (χ1v) is 8.71. The van der Waals surface area contributed by atoms with Crippen molar-refractivity contribution in [3.63, 3.8) is 0 Å². The van der Waals surface area contributed by atoms with E-state index >= 15 is 0 Å². The van der Waals surface area contributed by atoms with E-state index in [4.69, 9.17) is 4.74 Å². The van der Waals surface area contributed by atoms with Gasteiger partial charge in [-0.25, -0.2) is 4.98 Å². The van der Waals surface area contributed by atoms with Gasteiger partial charge in [0.25, 0.3) is 5.91 Å². The number of hydrogen-bond acceptors (Lipinski definition) is 3. The van der Waals surface area contributed by atoms with Crippen molar-refractivity contribution in [2.45, 2.75) is 44.6 Å². The predicted octanol–water partition coefficient (Wildman–Crippen LogP) is 4.67. The molecule has 0 radical (unpaired) electrons. The Morgan fingerprint density at radius 1 is 1.04 bits per heavy atom. The molecule has 1 aliphatic rings. The monoisotopic (exact) mass is 324 g/mol. The fourth-order valence-electron chi connectivity index (χ4n) is 3.24. The van der Waals surface area contributed by atoms with Crippen LogP contribution >= 0.6 is 0 Å². The molecule has 1 fully saturated rings. The van der Waals surface area contributed by atoms with Crippen LogP contribution in [-0.4, -0.2) is 28.9 Å². The van der Waals surface area contributed by atoms with Crippen molar-refractivity contribution < 1.29 is 9.53 Å². The largest absolute Gasteiger partial charge is 0.438 e. The van der Waals surface area contributed by atoms with Crippen molar-refractivity contribution in [2.75, 3.05) is 7.05 Å². The number of pyridine rings is 1. The smallest absolute Gasteiger partial charge is 0.259 e. The van der Waals surface area contributed by atoms with Gasteiger partial charge < -0.3 is 9.64 Å². The van der Waals surface area contributed by atoms with Crippen LogP contribution in [0, 0.1) is 0 Å². The average molecular weight is 324 g/mol. The molecular weight excluding hydrogens is 300 g/mol. The standard InChI is InChI=1S/C20H24N2O2/c1-22(16-10-5-2-3-6-11-16)20(23)18-14-9-15-21-19(18)24-17-12-7-4-8-13-17/h4,7-9,12-16H,2-3,5-6,10-11H2,1H3. The predicted molar refractivity (Wildman–Crippen MR) is 94.3 cm³/mol. The zero-order valence-corrected chi connectivity index (χ0v) is 14.1. The molecule has 1 saturated carbocycles. The number of para-hydroxylation sites is 1. The van der Waals surface area contributed by atoms with Crippen molar-refractivity contribution >= 4 is 5.91 Å². The van der Waals surface area contributed by atoms with Crippen LogP contribution in [0.3, 0.4) is 0 Å². The van der Waals surface area contributed by atoms with Gasteiger partial charge in [0.2, 0.25) is 5.88 Å². The summed E-state index contributed by atoms with van der Waals surface area (Å²) in [7, 11) is 1.90. The minimum atomic E-state index is -0.0130. The molecule has 0 bridgehead atoms. The highest BCUT2D eigenvalue weighted by atomic mass is 16.5. The highest BCUT2D eigenvalue weighted by Crippen LogP contribution is 2.26. The molecule has 0 spiro atoms. The van der Waals surface area contributed by atoms with Crippen LogP contribution in [0.2, 0.25) is 0 Å². The highest BCUT2D eigenvalue weighted by molar-refractivity contribution is 5.96. The number of ether oxygens (including phenoxy) is 1. The van der Waals surface area contributed by atoms with Crippen molar-refractivity contribution in [3.8, 4) is 11.6 Å². The van der Waals surface area contributed by atoms with E-state index < -0.39 is 0 Å². The van der Waals surface area contributed by atoms with Gasteiger partial charge in [0.05, 0.1) is 0 Å². The van der Waals surface area contributed by atoms with Crippen molar-refractivity contribution in [1.82, 2.24) is 9.88 Å². The summed E-state index contributed by atoms with van der Waals surface area (Å²) >= 11 is 0. The van der Waals surface area contributed by atoms with Gasteiger partial charge in [0, 0.05) is 19.3 Å². The van der Waals surface area contributed by atoms with Gasteiger partial charge in [-0.05, 0) is 37.1 Å². The third-order valence-electron chi connectivity index (χ3n) is 4.65. The van der Waals surface area contributed by atoms with Gasteiger partial charge in [-0.1, -0.05) is 43.9 Å². The summed E-state index contributed by atoms with van der Waals surface area (Å²) in [6.07, 6.45) is 8.75. The molecule has 126 valence electrons. The van der Waals surface area contributed by atoms with Crippen LogP contribution in [0.15, 0.2) is 48.7 Å². The highest BCUT2D eigenvalue weighted by Gasteiger charge is 2.25. The van der Waals surface area contributed by atoms with E-state index in [0.29, 0.717) is 23.2 Å². The van der Waals surface area contributed by atoms with Gasteiger partial charge >= 0.3 is 0 Å². The molecule has 3 rings (SSSR count). The molecule has 0 atom stereocenters. The van der Waals surface area contributed by atoms with Crippen LogP contribution in [0.5, 0.6) is 11.6 Å². The van der Waals surface area contributed by atoms with E-state index in [1.54, 1.807) is 18.3 Å². The molecule has 1 amide bonds. The lowest BCUT2D eigenvalue weighted by molar-refractivity contribution is 0.0714. The summed E-state index contributed by atoms with van der Waals surface area (Å²) < 4.78 is 5.83. The number of hydrogen-bond donors (Lipinski definition) is 0. The van der Waals surface area contributed by atoms with Gasteiger partial charge in [0.15, 0.2) is 0 Å². The Bertz CT molecular complexity index is 664. The van der Waals surface area contributed by atoms with Crippen molar-refractivity contribution in [2.24, 2.45) is 0 Å². The first kappa shape index (κ1) is 16.5. The topological polar surface area (TPSA) is 42.4 Å². The average Bonchev–Trinajstić information content (AvgIpc) is 2.91. The fraction of sp³-hybridized carbons (Fsp3) is 0.400. The van der Waals surface area contributed by atoms with E-state index in [0.717, 1.165) is 12.8 Å². The molecule has 1 heterocycles. The van der Waals surface area contributed by atoms with Crippen LogP contribution in [-0.2, 0) is 0 Å². The molecule has 0 N–H and O–H groups in total. The molecule has 1 aromatic carbocycles. The molecule has 4 nitrogen and oxygen atoms in total. The van der Waals surface area contributed by atoms with E-state index in [1.165, 1.54) is 25.7 Å². The summed E-state index contributed by atoms with van der Waals surface area (Å²) in [5, 5.41) is 0. The number of nitrogens with zero attached hydrogens (tertiary/aromatic N) is 2. The number of carbonyl (C=O) groups is 1. The first-order chi connectivity index (χ1) is 11.8. The maximum atomic E-state index is 13.0. The molecule has 0 unspecified atom stereocenters. The second kappa shape index (κ2) is 7.95. The Morgan fingerprint density at radius 2 is 1.75 bits per heavy atom. The van der Waals surface area contributed by atoms with Crippen LogP contribution in [0.25, 0.3) is 0 Å². The number of carbonyl (C=O) groups excluding carboxylic acids is 1. The van der Waals surface area contributed by atoms with Crippen LogP contribution < -0.4 is 4.74 Å². The lowest BCUT2D eigenvalue weighted by Crippen LogP contribution is -2.37. The minimum absolute atomic E-state index is 0.0130. The number of aromatic nitrogens is 1. The summed E-state index contributed by atoms with van der Waals surface area (Å²) in [5.74, 6) is 1.04. The van der Waals surface area contributed by atoms with E-state index in [-0.39, 0.29) is 5.91 Å². The van der Waals surface area contributed by atoms with E-state index in [9.17, 15) is 4.79 Å². The molecule has 0 saturated heterocycles. The lowest BCUT2D eigenvalue weighted by atomic mass is 10.1. The minimum Gasteiger partial charge on any atom is -0.438 e. The zero-order chi connectivity index (χ0) is 16.8. The Morgan fingerprint density at radius 3 is 2.46 bits per heavy atom. The summed E-state index contributed by atoms with van der Waals surface area (Å²) in [6.45, 7) is 0. The summed E-state index contributed by atoms with van der Waals surface area (Å²) in [6, 6.07) is 13.3. The number of amides is 1. The second-order valence-electron chi connectivity index (χ2n) is 6.33. The summed E-state index contributed by atoms with van der Waals surface area (Å²) in [4.78, 5) is 19.1. The maximum absolute atomic E-state index is 13.0. The molecule has 2 aromatic rings. The van der Waals surface area contributed by atoms with Crippen LogP contribution in [0.1, 0.15) is 48.9 Å². The van der Waals surface area contributed by atoms with Gasteiger partial charge in [-0.2, -0.15) is 0 Å². The Balaban J connectivity index is 1.79.